The number of likely N-dealkylation sites (N-methyl/N-ethyl adjacent to an activating group) is 1. The molecule has 0 fully saturated rings. The van der Waals surface area contributed by atoms with Crippen LogP contribution >= 0.6 is 0 Å². The number of hydrogen-bond donors (Lipinski definition) is 2. The first-order valence-corrected chi connectivity index (χ1v) is 11.3. The minimum absolute atomic E-state index is 0.103. The average molecular weight is 440 g/mol. The van der Waals surface area contributed by atoms with Gasteiger partial charge in [-0.3, -0.25) is 9.59 Å². The highest BCUT2D eigenvalue weighted by molar-refractivity contribution is 5.90. The Labute approximate surface area is 192 Å². The number of amides is 2. The molecule has 6 heteroatoms. The van der Waals surface area contributed by atoms with E-state index in [1.54, 1.807) is 4.90 Å². The highest BCUT2D eigenvalue weighted by Gasteiger charge is 2.32. The Balaban J connectivity index is 2.10. The molecule has 0 saturated heterocycles. The smallest absolute Gasteiger partial charge is 0.245 e. The highest BCUT2D eigenvalue weighted by atomic mass is 16.5. The molecule has 0 heterocycles. The van der Waals surface area contributed by atoms with Crippen molar-refractivity contribution in [3.63, 3.8) is 0 Å². The molecule has 0 aliphatic rings. The Morgan fingerprint density at radius 3 is 2.09 bits per heavy atom. The standard InChI is InChI=1S/C26H37N3O3/c1-6-29(7-2)25(31)22(28-24(30)23(27)26(3,4)5)17-19-13-15-21(16-14-19)32-18-20-11-9-8-10-12-20/h8-16,22-23H,6-7,17-18,27H2,1-5H3,(H,28,30)/t22-,23+/m0/s1. The van der Waals surface area contributed by atoms with E-state index in [2.05, 4.69) is 5.32 Å². The molecule has 6 nitrogen and oxygen atoms in total. The molecule has 0 aromatic heterocycles. The summed E-state index contributed by atoms with van der Waals surface area (Å²) in [5.41, 5.74) is 7.76. The van der Waals surface area contributed by atoms with Gasteiger partial charge in [0.05, 0.1) is 6.04 Å². The molecule has 0 radical (unpaired) electrons. The third kappa shape index (κ3) is 7.38. The van der Waals surface area contributed by atoms with Crippen LogP contribution in [0.5, 0.6) is 5.75 Å². The topological polar surface area (TPSA) is 84.7 Å². The first kappa shape index (κ1) is 25.4. The van der Waals surface area contributed by atoms with Crippen LogP contribution in [0, 0.1) is 5.41 Å². The summed E-state index contributed by atoms with van der Waals surface area (Å²) in [6, 6.07) is 16.2. The Morgan fingerprint density at radius 2 is 1.56 bits per heavy atom. The Hall–Kier alpha value is -2.86. The van der Waals surface area contributed by atoms with Crippen LogP contribution in [0.1, 0.15) is 45.7 Å². The van der Waals surface area contributed by atoms with Gasteiger partial charge in [0.1, 0.15) is 18.4 Å². The second-order valence-electron chi connectivity index (χ2n) is 9.04. The van der Waals surface area contributed by atoms with E-state index in [1.165, 1.54) is 0 Å². The van der Waals surface area contributed by atoms with Crippen LogP contribution in [0.15, 0.2) is 54.6 Å². The molecule has 2 amide bonds. The lowest BCUT2D eigenvalue weighted by atomic mass is 9.86. The van der Waals surface area contributed by atoms with Crippen molar-refractivity contribution in [2.24, 2.45) is 11.1 Å². The lowest BCUT2D eigenvalue weighted by Crippen LogP contribution is -2.56. The zero-order chi connectivity index (χ0) is 23.7. The molecular weight excluding hydrogens is 402 g/mol. The Kier molecular flexibility index (Phi) is 9.27. The molecule has 2 rings (SSSR count). The number of hydrogen-bond acceptors (Lipinski definition) is 4. The van der Waals surface area contributed by atoms with E-state index >= 15 is 0 Å². The predicted molar refractivity (Wildman–Crippen MR) is 128 cm³/mol. The van der Waals surface area contributed by atoms with E-state index in [4.69, 9.17) is 10.5 Å². The lowest BCUT2D eigenvalue weighted by molar-refractivity contribution is -0.137. The number of nitrogens with one attached hydrogen (secondary N) is 1. The van der Waals surface area contributed by atoms with Gasteiger partial charge in [-0.2, -0.15) is 0 Å². The van der Waals surface area contributed by atoms with Crippen LogP contribution in [0.25, 0.3) is 0 Å². The fraction of sp³-hybridized carbons (Fsp3) is 0.462. The van der Waals surface area contributed by atoms with Crippen LogP contribution in [0.3, 0.4) is 0 Å². The quantitative estimate of drug-likeness (QED) is 0.593. The van der Waals surface area contributed by atoms with Gasteiger partial charge < -0.3 is 20.7 Å². The van der Waals surface area contributed by atoms with Crippen molar-refractivity contribution in [2.75, 3.05) is 13.1 Å². The zero-order valence-electron chi connectivity index (χ0n) is 19.9. The second-order valence-corrected chi connectivity index (χ2v) is 9.04. The maximum atomic E-state index is 13.1. The summed E-state index contributed by atoms with van der Waals surface area (Å²) < 4.78 is 5.84. The zero-order valence-corrected chi connectivity index (χ0v) is 19.9. The SMILES string of the molecule is CCN(CC)C(=O)[C@H](Cc1ccc(OCc2ccccc2)cc1)NC(=O)[C@@H](N)C(C)(C)C. The molecule has 0 aliphatic heterocycles. The monoisotopic (exact) mass is 439 g/mol. The molecular formula is C26H37N3O3. The number of nitrogens with zero attached hydrogens (tertiary/aromatic N) is 1. The predicted octanol–water partition coefficient (Wildman–Crippen LogP) is 3.53. The highest BCUT2D eigenvalue weighted by Crippen LogP contribution is 2.19. The van der Waals surface area contributed by atoms with Crippen molar-refractivity contribution >= 4 is 11.8 Å². The minimum Gasteiger partial charge on any atom is -0.489 e. The van der Waals surface area contributed by atoms with Crippen molar-refractivity contribution < 1.29 is 14.3 Å². The normalized spacial score (nSPS) is 13.2. The summed E-state index contributed by atoms with van der Waals surface area (Å²) in [5, 5.41) is 2.90. The van der Waals surface area contributed by atoms with Crippen molar-refractivity contribution in [1.29, 1.82) is 0 Å². The summed E-state index contributed by atoms with van der Waals surface area (Å²) in [7, 11) is 0. The largest absolute Gasteiger partial charge is 0.489 e. The summed E-state index contributed by atoms with van der Waals surface area (Å²) in [6.45, 7) is 11.2. The summed E-state index contributed by atoms with van der Waals surface area (Å²) in [4.78, 5) is 27.6. The number of nitrogens with two attached hydrogens (primary N) is 1. The number of carbonyl (C=O) groups is 2. The van der Waals surface area contributed by atoms with E-state index in [-0.39, 0.29) is 11.8 Å². The van der Waals surface area contributed by atoms with E-state index in [9.17, 15) is 9.59 Å². The van der Waals surface area contributed by atoms with Gasteiger partial charge in [-0.05, 0) is 42.5 Å². The maximum Gasteiger partial charge on any atom is 0.245 e. The van der Waals surface area contributed by atoms with Gasteiger partial charge >= 0.3 is 0 Å². The molecule has 3 N–H and O–H groups in total. The van der Waals surface area contributed by atoms with Crippen LogP contribution in [-0.2, 0) is 22.6 Å². The first-order valence-electron chi connectivity index (χ1n) is 11.3. The van der Waals surface area contributed by atoms with Crippen molar-refractivity contribution in [3.8, 4) is 5.75 Å². The van der Waals surface area contributed by atoms with Crippen molar-refractivity contribution in [2.45, 2.75) is 59.7 Å². The fourth-order valence-electron chi connectivity index (χ4n) is 3.31. The fourth-order valence-corrected chi connectivity index (χ4v) is 3.31. The molecule has 0 spiro atoms. The number of rotatable bonds is 10. The van der Waals surface area contributed by atoms with Crippen LogP contribution in [0.2, 0.25) is 0 Å². The lowest BCUT2D eigenvalue weighted by Gasteiger charge is -2.30. The molecule has 0 unspecified atom stereocenters. The van der Waals surface area contributed by atoms with Crippen molar-refractivity contribution in [1.82, 2.24) is 10.2 Å². The van der Waals surface area contributed by atoms with Gasteiger partial charge in [0, 0.05) is 19.5 Å². The number of carbonyl (C=O) groups excluding carboxylic acids is 2. The van der Waals surface area contributed by atoms with Gasteiger partial charge in [-0.15, -0.1) is 0 Å². The molecule has 2 atom stereocenters. The van der Waals surface area contributed by atoms with Crippen LogP contribution in [0.4, 0.5) is 0 Å². The average Bonchev–Trinajstić information content (AvgIpc) is 2.78. The van der Waals surface area contributed by atoms with E-state index < -0.39 is 17.5 Å². The number of ether oxygens (including phenoxy) is 1. The summed E-state index contributed by atoms with van der Waals surface area (Å²) in [6.07, 6.45) is 0.386. The van der Waals surface area contributed by atoms with Crippen molar-refractivity contribution in [3.05, 3.63) is 65.7 Å². The second kappa shape index (κ2) is 11.7. The van der Waals surface area contributed by atoms with Gasteiger partial charge in [0.15, 0.2) is 0 Å². The molecule has 32 heavy (non-hydrogen) atoms. The van der Waals surface area contributed by atoms with Gasteiger partial charge in [-0.1, -0.05) is 63.2 Å². The molecule has 0 saturated carbocycles. The molecule has 2 aromatic rings. The third-order valence-corrected chi connectivity index (χ3v) is 5.52. The van der Waals surface area contributed by atoms with Gasteiger partial charge in [0.25, 0.3) is 0 Å². The molecule has 174 valence electrons. The third-order valence-electron chi connectivity index (χ3n) is 5.52. The summed E-state index contributed by atoms with van der Waals surface area (Å²) >= 11 is 0. The Bertz CT molecular complexity index is 856. The van der Waals surface area contributed by atoms with E-state index in [0.717, 1.165) is 16.9 Å². The molecule has 0 bridgehead atoms. The number of benzene rings is 2. The van der Waals surface area contributed by atoms with E-state index in [1.807, 2.05) is 89.2 Å². The van der Waals surface area contributed by atoms with Gasteiger partial charge in [0.2, 0.25) is 11.8 Å². The molecule has 2 aromatic carbocycles. The molecule has 0 aliphatic carbocycles. The van der Waals surface area contributed by atoms with Crippen LogP contribution < -0.4 is 15.8 Å². The minimum atomic E-state index is -0.705. The van der Waals surface area contributed by atoms with E-state index in [0.29, 0.717) is 26.1 Å². The Morgan fingerprint density at radius 1 is 0.969 bits per heavy atom. The summed E-state index contributed by atoms with van der Waals surface area (Å²) in [5.74, 6) is 0.336. The maximum absolute atomic E-state index is 13.1. The first-order chi connectivity index (χ1) is 15.2. The van der Waals surface area contributed by atoms with Gasteiger partial charge in [-0.25, -0.2) is 0 Å². The van der Waals surface area contributed by atoms with Crippen LogP contribution in [-0.4, -0.2) is 41.9 Å².